The van der Waals surface area contributed by atoms with Crippen molar-refractivity contribution in [1.82, 2.24) is 9.55 Å². The minimum atomic E-state index is 0.0641. The monoisotopic (exact) mass is 245 g/mol. The Morgan fingerprint density at radius 1 is 1.44 bits per heavy atom. The molecule has 2 aromatic rings. The van der Waals surface area contributed by atoms with Crippen molar-refractivity contribution in [3.63, 3.8) is 0 Å². The third kappa shape index (κ3) is 2.02. The first-order valence-electron chi connectivity index (χ1n) is 6.51. The van der Waals surface area contributed by atoms with Crippen LogP contribution in [0.3, 0.4) is 0 Å². The molecule has 0 aliphatic heterocycles. The quantitative estimate of drug-likeness (QED) is 0.877. The maximum Gasteiger partial charge on any atom is 0.127 e. The first-order valence-corrected chi connectivity index (χ1v) is 6.51. The van der Waals surface area contributed by atoms with Crippen LogP contribution < -0.4 is 5.73 Å². The number of nitrogens with zero attached hydrogens (tertiary/aromatic N) is 2. The van der Waals surface area contributed by atoms with Crippen LogP contribution in [0, 0.1) is 5.92 Å². The van der Waals surface area contributed by atoms with Crippen molar-refractivity contribution in [2.45, 2.75) is 25.4 Å². The molecule has 0 amide bonds. The van der Waals surface area contributed by atoms with Crippen LogP contribution in [-0.4, -0.2) is 23.3 Å². The average Bonchev–Trinajstić information content (AvgIpc) is 3.17. The average molecular weight is 245 g/mol. The molecule has 2 N–H and O–H groups in total. The van der Waals surface area contributed by atoms with Crippen LogP contribution in [0.4, 0.5) is 0 Å². The van der Waals surface area contributed by atoms with Crippen LogP contribution in [0.15, 0.2) is 24.3 Å². The van der Waals surface area contributed by atoms with Crippen molar-refractivity contribution in [3.05, 3.63) is 30.1 Å². The van der Waals surface area contributed by atoms with Gasteiger partial charge in [0.2, 0.25) is 0 Å². The number of ether oxygens (including phenoxy) is 1. The summed E-state index contributed by atoms with van der Waals surface area (Å²) in [5.41, 5.74) is 8.49. The number of hydrogen-bond donors (Lipinski definition) is 1. The van der Waals surface area contributed by atoms with Crippen molar-refractivity contribution in [2.75, 3.05) is 13.7 Å². The lowest BCUT2D eigenvalue weighted by atomic mass is 10.2. The van der Waals surface area contributed by atoms with E-state index in [0.29, 0.717) is 12.5 Å². The van der Waals surface area contributed by atoms with E-state index < -0.39 is 0 Å². The molecule has 0 bridgehead atoms. The van der Waals surface area contributed by atoms with E-state index in [1.165, 1.54) is 12.8 Å². The summed E-state index contributed by atoms with van der Waals surface area (Å²) in [5.74, 6) is 1.62. The summed E-state index contributed by atoms with van der Waals surface area (Å²) in [5, 5.41) is 0. The van der Waals surface area contributed by atoms with Gasteiger partial charge in [-0.1, -0.05) is 12.1 Å². The molecule has 0 saturated heterocycles. The molecule has 1 saturated carbocycles. The first-order chi connectivity index (χ1) is 8.81. The second kappa shape index (κ2) is 4.71. The van der Waals surface area contributed by atoms with Gasteiger partial charge in [0.25, 0.3) is 0 Å². The van der Waals surface area contributed by atoms with Crippen LogP contribution in [0.2, 0.25) is 0 Å². The second-order valence-electron chi connectivity index (χ2n) is 4.97. The predicted octanol–water partition coefficient (Wildman–Crippen LogP) is 2.09. The largest absolute Gasteiger partial charge is 0.383 e. The Hall–Kier alpha value is -1.39. The topological polar surface area (TPSA) is 53.1 Å². The fourth-order valence-corrected chi connectivity index (χ4v) is 2.43. The number of methoxy groups -OCH3 is 1. The molecule has 1 aliphatic carbocycles. The molecule has 1 atom stereocenters. The van der Waals surface area contributed by atoms with Crippen LogP contribution in [0.5, 0.6) is 0 Å². The molecular formula is C14H19N3O. The third-order valence-electron chi connectivity index (χ3n) is 3.63. The van der Waals surface area contributed by atoms with Gasteiger partial charge in [0.1, 0.15) is 5.82 Å². The van der Waals surface area contributed by atoms with E-state index in [1.54, 1.807) is 7.11 Å². The SMILES string of the molecule is COCCn1c(C(N)C2CC2)nc2ccccc21. The zero-order valence-electron chi connectivity index (χ0n) is 10.7. The van der Waals surface area contributed by atoms with Crippen molar-refractivity contribution < 1.29 is 4.74 Å². The summed E-state index contributed by atoms with van der Waals surface area (Å²) >= 11 is 0. The van der Waals surface area contributed by atoms with Gasteiger partial charge < -0.3 is 15.0 Å². The molecule has 0 radical (unpaired) electrons. The number of nitrogens with two attached hydrogens (primary N) is 1. The normalized spacial score (nSPS) is 17.2. The van der Waals surface area contributed by atoms with Crippen molar-refractivity contribution in [1.29, 1.82) is 0 Å². The van der Waals surface area contributed by atoms with Gasteiger partial charge in [0.15, 0.2) is 0 Å². The first kappa shape index (κ1) is 11.7. The minimum Gasteiger partial charge on any atom is -0.383 e. The standard InChI is InChI=1S/C14H19N3O/c1-18-9-8-17-12-5-3-2-4-11(12)16-14(17)13(15)10-6-7-10/h2-5,10,13H,6-9,15H2,1H3. The number of fused-ring (bicyclic) bond motifs is 1. The van der Waals surface area contributed by atoms with Crippen molar-refractivity contribution >= 4 is 11.0 Å². The molecular weight excluding hydrogens is 226 g/mol. The zero-order valence-corrected chi connectivity index (χ0v) is 10.7. The predicted molar refractivity (Wildman–Crippen MR) is 71.3 cm³/mol. The highest BCUT2D eigenvalue weighted by molar-refractivity contribution is 5.76. The van der Waals surface area contributed by atoms with E-state index in [0.717, 1.165) is 23.4 Å². The maximum absolute atomic E-state index is 6.31. The molecule has 96 valence electrons. The van der Waals surface area contributed by atoms with Crippen molar-refractivity contribution in [3.8, 4) is 0 Å². The Kier molecular flexibility index (Phi) is 3.06. The minimum absolute atomic E-state index is 0.0641. The lowest BCUT2D eigenvalue weighted by Crippen LogP contribution is -2.19. The lowest BCUT2D eigenvalue weighted by molar-refractivity contribution is 0.187. The molecule has 1 aromatic heterocycles. The van der Waals surface area contributed by atoms with E-state index in [9.17, 15) is 0 Å². The molecule has 1 fully saturated rings. The zero-order chi connectivity index (χ0) is 12.5. The fraction of sp³-hybridized carbons (Fsp3) is 0.500. The van der Waals surface area contributed by atoms with Gasteiger partial charge in [-0.15, -0.1) is 0 Å². The molecule has 18 heavy (non-hydrogen) atoms. The highest BCUT2D eigenvalue weighted by Crippen LogP contribution is 2.39. The van der Waals surface area contributed by atoms with Gasteiger partial charge in [-0.3, -0.25) is 0 Å². The summed E-state index contributed by atoms with van der Waals surface area (Å²) in [4.78, 5) is 4.71. The van der Waals surface area contributed by atoms with E-state index in [1.807, 2.05) is 18.2 Å². The molecule has 0 spiro atoms. The van der Waals surface area contributed by atoms with Gasteiger partial charge in [0.05, 0.1) is 23.7 Å². The molecule has 3 rings (SSSR count). The number of para-hydroxylation sites is 2. The molecule has 1 aliphatic rings. The third-order valence-corrected chi connectivity index (χ3v) is 3.63. The van der Waals surface area contributed by atoms with E-state index in [-0.39, 0.29) is 6.04 Å². The summed E-state index contributed by atoms with van der Waals surface area (Å²) in [7, 11) is 1.72. The van der Waals surface area contributed by atoms with E-state index in [2.05, 4.69) is 10.6 Å². The Morgan fingerprint density at radius 2 is 2.22 bits per heavy atom. The number of hydrogen-bond acceptors (Lipinski definition) is 3. The molecule has 1 aromatic carbocycles. The van der Waals surface area contributed by atoms with Crippen molar-refractivity contribution in [2.24, 2.45) is 11.7 Å². The summed E-state index contributed by atoms with van der Waals surface area (Å²) < 4.78 is 7.40. The molecule has 4 nitrogen and oxygen atoms in total. The Bertz CT molecular complexity index is 545. The fourth-order valence-electron chi connectivity index (χ4n) is 2.43. The van der Waals surface area contributed by atoms with E-state index >= 15 is 0 Å². The second-order valence-corrected chi connectivity index (χ2v) is 4.97. The molecule has 4 heteroatoms. The lowest BCUT2D eigenvalue weighted by Gasteiger charge is -2.13. The number of rotatable bonds is 5. The molecule has 1 unspecified atom stereocenters. The summed E-state index contributed by atoms with van der Waals surface area (Å²) in [6.45, 7) is 1.50. The molecule has 1 heterocycles. The number of aromatic nitrogens is 2. The van der Waals surface area contributed by atoms with E-state index in [4.69, 9.17) is 15.5 Å². The van der Waals surface area contributed by atoms with Gasteiger partial charge in [-0.25, -0.2) is 4.98 Å². The Labute approximate surface area is 107 Å². The highest BCUT2D eigenvalue weighted by Gasteiger charge is 2.32. The summed E-state index contributed by atoms with van der Waals surface area (Å²) in [6.07, 6.45) is 2.46. The number of imidazole rings is 1. The smallest absolute Gasteiger partial charge is 0.127 e. The van der Waals surface area contributed by atoms with Gasteiger partial charge in [0, 0.05) is 13.7 Å². The number of benzene rings is 1. The van der Waals surface area contributed by atoms with Gasteiger partial charge in [-0.05, 0) is 30.9 Å². The Balaban J connectivity index is 2.04. The van der Waals surface area contributed by atoms with Gasteiger partial charge in [-0.2, -0.15) is 0 Å². The highest BCUT2D eigenvalue weighted by atomic mass is 16.5. The van der Waals surface area contributed by atoms with Gasteiger partial charge >= 0.3 is 0 Å². The van der Waals surface area contributed by atoms with Crippen LogP contribution in [-0.2, 0) is 11.3 Å². The van der Waals surface area contributed by atoms with Crippen LogP contribution in [0.1, 0.15) is 24.7 Å². The maximum atomic E-state index is 6.31. The Morgan fingerprint density at radius 3 is 2.94 bits per heavy atom. The van der Waals surface area contributed by atoms with Crippen LogP contribution >= 0.6 is 0 Å². The summed E-state index contributed by atoms with van der Waals surface area (Å²) in [6, 6.07) is 8.26. The van der Waals surface area contributed by atoms with Crippen LogP contribution in [0.25, 0.3) is 11.0 Å².